The lowest BCUT2D eigenvalue weighted by molar-refractivity contribution is 0.0525. The van der Waals surface area contributed by atoms with E-state index in [1.165, 1.54) is 12.8 Å². The zero-order valence-electron chi connectivity index (χ0n) is 20.5. The monoisotopic (exact) mass is 481 g/mol. The molecule has 3 aromatic carbocycles. The largest absolute Gasteiger partial charge is 0.462 e. The lowest BCUT2D eigenvalue weighted by Gasteiger charge is -2.24. The third-order valence-corrected chi connectivity index (χ3v) is 6.76. The number of anilines is 2. The van der Waals surface area contributed by atoms with Gasteiger partial charge in [-0.15, -0.1) is 0 Å². The topological polar surface area (TPSA) is 72.4 Å². The zero-order valence-corrected chi connectivity index (χ0v) is 20.5. The molecule has 0 saturated carbocycles. The van der Waals surface area contributed by atoms with Crippen molar-refractivity contribution < 1.29 is 9.53 Å². The molecular formula is C30H31N3O3. The van der Waals surface area contributed by atoms with Gasteiger partial charge in [-0.1, -0.05) is 54.6 Å². The molecule has 5 rings (SSSR count). The average Bonchev–Trinajstić information content (AvgIpc) is 2.91. The summed E-state index contributed by atoms with van der Waals surface area (Å²) >= 11 is 0. The molecule has 36 heavy (non-hydrogen) atoms. The molecule has 1 atom stereocenters. The maximum atomic E-state index is 13.9. The van der Waals surface area contributed by atoms with E-state index in [1.807, 2.05) is 72.8 Å². The van der Waals surface area contributed by atoms with Gasteiger partial charge >= 0.3 is 5.97 Å². The number of aromatic nitrogens is 1. The van der Waals surface area contributed by atoms with Gasteiger partial charge in [-0.05, 0) is 75.0 Å². The Bertz CT molecular complexity index is 1420. The zero-order chi connectivity index (χ0) is 24.9. The van der Waals surface area contributed by atoms with Crippen LogP contribution in [0.15, 0.2) is 83.7 Å². The second kappa shape index (κ2) is 10.8. The Morgan fingerprint density at radius 2 is 1.78 bits per heavy atom. The summed E-state index contributed by atoms with van der Waals surface area (Å²) in [4.78, 5) is 27.1. The number of nitrogens with one attached hydrogen (secondary N) is 2. The lowest BCUT2D eigenvalue weighted by atomic mass is 9.91. The van der Waals surface area contributed by atoms with Crippen LogP contribution in [0, 0.1) is 5.92 Å². The first-order valence-corrected chi connectivity index (χ1v) is 12.6. The van der Waals surface area contributed by atoms with Gasteiger partial charge in [-0.2, -0.15) is 0 Å². The number of hydrogen-bond acceptors (Lipinski definition) is 5. The van der Waals surface area contributed by atoms with E-state index in [1.54, 1.807) is 11.5 Å². The van der Waals surface area contributed by atoms with Gasteiger partial charge in [-0.25, -0.2) is 4.79 Å². The van der Waals surface area contributed by atoms with E-state index in [4.69, 9.17) is 4.74 Å². The molecule has 1 unspecified atom stereocenters. The van der Waals surface area contributed by atoms with Crippen LogP contribution in [-0.4, -0.2) is 30.2 Å². The predicted octanol–water partition coefficient (Wildman–Crippen LogP) is 5.45. The quantitative estimate of drug-likeness (QED) is 0.343. The highest BCUT2D eigenvalue weighted by atomic mass is 16.5. The van der Waals surface area contributed by atoms with Crippen molar-refractivity contribution in [2.75, 3.05) is 25.0 Å². The molecule has 0 spiro atoms. The minimum atomic E-state index is -0.630. The molecular weight excluding hydrogens is 450 g/mol. The van der Waals surface area contributed by atoms with Crippen LogP contribution < -0.4 is 16.2 Å². The Morgan fingerprint density at radius 3 is 2.56 bits per heavy atom. The van der Waals surface area contributed by atoms with Crippen LogP contribution in [0.25, 0.3) is 16.6 Å². The molecule has 0 bridgehead atoms. The van der Waals surface area contributed by atoms with Gasteiger partial charge in [0.15, 0.2) is 0 Å². The second-order valence-electron chi connectivity index (χ2n) is 9.16. The fourth-order valence-corrected chi connectivity index (χ4v) is 5.06. The van der Waals surface area contributed by atoms with E-state index >= 15 is 0 Å². The van der Waals surface area contributed by atoms with Gasteiger partial charge < -0.3 is 15.4 Å². The number of piperidine rings is 1. The highest BCUT2D eigenvalue weighted by Crippen LogP contribution is 2.32. The van der Waals surface area contributed by atoms with E-state index in [9.17, 15) is 9.59 Å². The molecule has 0 amide bonds. The van der Waals surface area contributed by atoms with E-state index in [0.29, 0.717) is 17.3 Å². The Morgan fingerprint density at radius 1 is 1.03 bits per heavy atom. The molecule has 2 N–H and O–H groups in total. The van der Waals surface area contributed by atoms with Crippen LogP contribution in [0.4, 0.5) is 11.4 Å². The van der Waals surface area contributed by atoms with Gasteiger partial charge in [0, 0.05) is 16.8 Å². The van der Waals surface area contributed by atoms with Crippen LogP contribution in [-0.2, 0) is 11.2 Å². The van der Waals surface area contributed by atoms with Gasteiger partial charge in [0.05, 0.1) is 17.8 Å². The summed E-state index contributed by atoms with van der Waals surface area (Å²) in [5.74, 6) is -0.0801. The van der Waals surface area contributed by atoms with Crippen molar-refractivity contribution in [3.63, 3.8) is 0 Å². The highest BCUT2D eigenvalue weighted by Gasteiger charge is 2.25. The molecule has 184 valence electrons. The maximum Gasteiger partial charge on any atom is 0.345 e. The molecule has 0 radical (unpaired) electrons. The smallest absolute Gasteiger partial charge is 0.345 e. The van der Waals surface area contributed by atoms with Gasteiger partial charge in [-0.3, -0.25) is 9.36 Å². The van der Waals surface area contributed by atoms with Crippen molar-refractivity contribution in [1.29, 1.82) is 0 Å². The minimum Gasteiger partial charge on any atom is -0.462 e. The summed E-state index contributed by atoms with van der Waals surface area (Å²) in [6.07, 6.45) is 3.28. The summed E-state index contributed by atoms with van der Waals surface area (Å²) in [6, 6.07) is 25.2. The Labute approximate surface area is 210 Å². The summed E-state index contributed by atoms with van der Waals surface area (Å²) in [6.45, 7) is 4.00. The Balaban J connectivity index is 1.68. The number of nitrogens with zero attached hydrogens (tertiary/aromatic N) is 1. The van der Waals surface area contributed by atoms with Crippen LogP contribution in [0.3, 0.4) is 0 Å². The van der Waals surface area contributed by atoms with E-state index in [-0.39, 0.29) is 12.2 Å². The highest BCUT2D eigenvalue weighted by molar-refractivity contribution is 6.06. The maximum absolute atomic E-state index is 13.9. The van der Waals surface area contributed by atoms with Crippen LogP contribution in [0.1, 0.15) is 35.7 Å². The van der Waals surface area contributed by atoms with Crippen molar-refractivity contribution in [3.05, 3.63) is 100 Å². The third kappa shape index (κ3) is 4.77. The molecule has 0 aliphatic carbocycles. The normalized spacial score (nSPS) is 15.5. The number of esters is 1. The first-order valence-electron chi connectivity index (χ1n) is 12.6. The molecule has 1 aliphatic heterocycles. The predicted molar refractivity (Wildman–Crippen MR) is 145 cm³/mol. The van der Waals surface area contributed by atoms with Crippen LogP contribution in [0.5, 0.6) is 0 Å². The number of hydrogen-bond donors (Lipinski definition) is 2. The average molecular weight is 482 g/mol. The van der Waals surface area contributed by atoms with Crippen LogP contribution >= 0.6 is 0 Å². The van der Waals surface area contributed by atoms with Gasteiger partial charge in [0.25, 0.3) is 5.56 Å². The Hall–Kier alpha value is -3.90. The van der Waals surface area contributed by atoms with Crippen LogP contribution in [0.2, 0.25) is 0 Å². The second-order valence-corrected chi connectivity index (χ2v) is 9.16. The first kappa shape index (κ1) is 23.8. The first-order chi connectivity index (χ1) is 17.7. The molecule has 2 heterocycles. The summed E-state index contributed by atoms with van der Waals surface area (Å²) in [5.41, 5.74) is 3.56. The molecule has 6 nitrogen and oxygen atoms in total. The van der Waals surface area contributed by atoms with Crippen molar-refractivity contribution in [2.24, 2.45) is 5.92 Å². The standard InChI is InChI=1S/C30H31N3O3/c1-2-36-30(35)27-28(32-25-16-8-6-12-22(25)19-21-11-10-18-31-20-21)24-15-7-9-17-26(24)33(29(27)34)23-13-4-3-5-14-23/h3-9,12-17,21,31-32H,2,10-11,18-20H2,1H3. The summed E-state index contributed by atoms with van der Waals surface area (Å²) in [5, 5.41) is 7.76. The summed E-state index contributed by atoms with van der Waals surface area (Å²) < 4.78 is 6.97. The Kier molecular flexibility index (Phi) is 7.14. The molecule has 1 aromatic heterocycles. The van der Waals surface area contributed by atoms with Crippen molar-refractivity contribution in [3.8, 4) is 5.69 Å². The SMILES string of the molecule is CCOC(=O)c1c(Nc2ccccc2CC2CCCNC2)c2ccccc2n(-c2ccccc2)c1=O. The third-order valence-electron chi connectivity index (χ3n) is 6.76. The fraction of sp³-hybridized carbons (Fsp3) is 0.267. The van der Waals surface area contributed by atoms with E-state index in [0.717, 1.165) is 41.7 Å². The fourth-order valence-electron chi connectivity index (χ4n) is 5.06. The number of carbonyl (C=O) groups excluding carboxylic acids is 1. The van der Waals surface area contributed by atoms with Gasteiger partial charge in [0.2, 0.25) is 0 Å². The number of carbonyl (C=O) groups is 1. The summed E-state index contributed by atoms with van der Waals surface area (Å²) in [7, 11) is 0. The van der Waals surface area contributed by atoms with Gasteiger partial charge in [0.1, 0.15) is 5.56 Å². The van der Waals surface area contributed by atoms with Crippen molar-refractivity contribution in [1.82, 2.24) is 9.88 Å². The molecule has 4 aromatic rings. The number of fused-ring (bicyclic) bond motifs is 1. The molecule has 1 saturated heterocycles. The number of pyridine rings is 1. The molecule has 1 fully saturated rings. The lowest BCUT2D eigenvalue weighted by Crippen LogP contribution is -2.31. The number of ether oxygens (including phenoxy) is 1. The number of benzene rings is 3. The molecule has 1 aliphatic rings. The minimum absolute atomic E-state index is 0.00791. The van der Waals surface area contributed by atoms with Crippen molar-refractivity contribution in [2.45, 2.75) is 26.2 Å². The van der Waals surface area contributed by atoms with Crippen molar-refractivity contribution >= 4 is 28.2 Å². The van der Waals surface area contributed by atoms with E-state index < -0.39 is 11.5 Å². The van der Waals surface area contributed by atoms with E-state index in [2.05, 4.69) is 16.7 Å². The molecule has 6 heteroatoms. The number of rotatable bonds is 7. The number of para-hydroxylation sites is 3.